The molecule has 0 radical (unpaired) electrons. The van der Waals surface area contributed by atoms with Crippen molar-refractivity contribution in [3.05, 3.63) is 0 Å². The fourth-order valence-electron chi connectivity index (χ4n) is 0.890. The minimum atomic E-state index is -0.451. The molecule has 2 nitrogen and oxygen atoms in total. The first-order valence-electron chi connectivity index (χ1n) is 3.84. The molecule has 0 saturated carbocycles. The first kappa shape index (κ1) is 9.63. The molecule has 0 amide bonds. The summed E-state index contributed by atoms with van der Waals surface area (Å²) < 4.78 is 0. The molecule has 0 aliphatic heterocycles. The first-order chi connectivity index (χ1) is 4.63. The fourth-order valence-corrected chi connectivity index (χ4v) is 0.890. The number of Topliss-reactive ketones (excluding diaryl/α,β-unsaturated/α-hetero) is 1. The van der Waals surface area contributed by atoms with Gasteiger partial charge < -0.3 is 5.11 Å². The number of aliphatic hydroxyl groups is 1. The Kier molecular flexibility index (Phi) is 4.28. The Hall–Kier alpha value is -0.370. The third-order valence-electron chi connectivity index (χ3n) is 1.85. The highest BCUT2D eigenvalue weighted by Crippen LogP contribution is 2.08. The van der Waals surface area contributed by atoms with E-state index in [1.165, 1.54) is 0 Å². The van der Waals surface area contributed by atoms with Crippen LogP contribution in [0.1, 0.15) is 33.6 Å². The Morgan fingerprint density at radius 1 is 1.50 bits per heavy atom. The van der Waals surface area contributed by atoms with Gasteiger partial charge >= 0.3 is 0 Å². The molecule has 0 saturated heterocycles. The van der Waals surface area contributed by atoms with Gasteiger partial charge in [0.15, 0.2) is 0 Å². The molecule has 0 spiro atoms. The molecule has 2 atom stereocenters. The number of carbonyl (C=O) groups excluding carboxylic acids is 1. The first-order valence-corrected chi connectivity index (χ1v) is 3.84. The molecule has 0 aromatic rings. The van der Waals surface area contributed by atoms with Crippen molar-refractivity contribution in [1.29, 1.82) is 0 Å². The lowest BCUT2D eigenvalue weighted by atomic mass is 9.96. The largest absolute Gasteiger partial charge is 0.392 e. The van der Waals surface area contributed by atoms with Crippen LogP contribution in [0.15, 0.2) is 0 Å². The van der Waals surface area contributed by atoms with Crippen LogP contribution in [0, 0.1) is 5.92 Å². The zero-order valence-electron chi connectivity index (χ0n) is 6.92. The van der Waals surface area contributed by atoms with Crippen molar-refractivity contribution in [2.75, 3.05) is 0 Å². The lowest BCUT2D eigenvalue weighted by Crippen LogP contribution is -2.24. The maximum atomic E-state index is 11.0. The van der Waals surface area contributed by atoms with Crippen LogP contribution in [0.3, 0.4) is 0 Å². The third-order valence-corrected chi connectivity index (χ3v) is 1.85. The third kappa shape index (κ3) is 2.48. The highest BCUT2D eigenvalue weighted by atomic mass is 16.3. The number of rotatable bonds is 4. The van der Waals surface area contributed by atoms with E-state index in [1.807, 2.05) is 13.8 Å². The van der Waals surface area contributed by atoms with Gasteiger partial charge in [-0.2, -0.15) is 0 Å². The van der Waals surface area contributed by atoms with Crippen LogP contribution in [0.5, 0.6) is 0 Å². The average Bonchev–Trinajstić information content (AvgIpc) is 2.00. The molecule has 0 bridgehead atoms. The molecule has 1 N–H and O–H groups in total. The summed E-state index contributed by atoms with van der Waals surface area (Å²) in [5.41, 5.74) is 0. The van der Waals surface area contributed by atoms with Crippen molar-refractivity contribution in [1.82, 2.24) is 0 Å². The van der Waals surface area contributed by atoms with E-state index < -0.39 is 6.10 Å². The van der Waals surface area contributed by atoms with Crippen molar-refractivity contribution >= 4 is 5.78 Å². The smallest absolute Gasteiger partial charge is 0.138 e. The maximum Gasteiger partial charge on any atom is 0.138 e. The quantitative estimate of drug-likeness (QED) is 0.647. The van der Waals surface area contributed by atoms with Crippen LogP contribution in [0.25, 0.3) is 0 Å². The van der Waals surface area contributed by atoms with Gasteiger partial charge in [-0.1, -0.05) is 20.8 Å². The van der Waals surface area contributed by atoms with Gasteiger partial charge in [-0.05, 0) is 6.42 Å². The number of carbonyl (C=O) groups is 1. The molecule has 0 aliphatic carbocycles. The summed E-state index contributed by atoms with van der Waals surface area (Å²) in [4.78, 5) is 11.0. The second kappa shape index (κ2) is 4.45. The van der Waals surface area contributed by atoms with E-state index in [0.29, 0.717) is 12.8 Å². The van der Waals surface area contributed by atoms with Crippen LogP contribution >= 0.6 is 0 Å². The topological polar surface area (TPSA) is 37.3 Å². The molecule has 60 valence electrons. The van der Waals surface area contributed by atoms with E-state index >= 15 is 0 Å². The Balaban J connectivity index is 3.81. The Morgan fingerprint density at radius 2 is 2.00 bits per heavy atom. The molecular formula is C8H16O2. The van der Waals surface area contributed by atoms with Gasteiger partial charge in [-0.3, -0.25) is 4.79 Å². The van der Waals surface area contributed by atoms with Gasteiger partial charge in [-0.25, -0.2) is 0 Å². The molecular weight excluding hydrogens is 128 g/mol. The van der Waals surface area contributed by atoms with E-state index in [2.05, 4.69) is 0 Å². The van der Waals surface area contributed by atoms with E-state index in [0.717, 1.165) is 0 Å². The summed E-state index contributed by atoms with van der Waals surface area (Å²) in [6.45, 7) is 5.48. The lowest BCUT2D eigenvalue weighted by molar-refractivity contribution is -0.125. The molecule has 0 aromatic heterocycles. The van der Waals surface area contributed by atoms with E-state index in [-0.39, 0.29) is 11.7 Å². The van der Waals surface area contributed by atoms with Crippen LogP contribution in [-0.2, 0) is 4.79 Å². The van der Waals surface area contributed by atoms with Crippen LogP contribution in [0.2, 0.25) is 0 Å². The average molecular weight is 144 g/mol. The number of ketones is 1. The van der Waals surface area contributed by atoms with Gasteiger partial charge in [-0.15, -0.1) is 0 Å². The Bertz CT molecular complexity index is 110. The van der Waals surface area contributed by atoms with E-state index in [4.69, 9.17) is 0 Å². The summed E-state index contributed by atoms with van der Waals surface area (Å²) in [5.74, 6) is -0.0376. The predicted octanol–water partition coefficient (Wildman–Crippen LogP) is 1.37. The van der Waals surface area contributed by atoms with Gasteiger partial charge in [0.25, 0.3) is 0 Å². The lowest BCUT2D eigenvalue weighted by Gasteiger charge is -2.14. The molecule has 2 unspecified atom stereocenters. The van der Waals surface area contributed by atoms with E-state index in [1.54, 1.807) is 6.92 Å². The van der Waals surface area contributed by atoms with Crippen molar-refractivity contribution < 1.29 is 9.90 Å². The van der Waals surface area contributed by atoms with Gasteiger partial charge in [0.1, 0.15) is 5.78 Å². The van der Waals surface area contributed by atoms with E-state index in [9.17, 15) is 9.90 Å². The van der Waals surface area contributed by atoms with Crippen molar-refractivity contribution in [2.24, 2.45) is 5.92 Å². The predicted molar refractivity (Wildman–Crippen MR) is 40.8 cm³/mol. The summed E-state index contributed by atoms with van der Waals surface area (Å²) in [6.07, 6.45) is 0.734. The summed E-state index contributed by atoms with van der Waals surface area (Å²) >= 11 is 0. The molecule has 0 aromatic carbocycles. The van der Waals surface area contributed by atoms with Crippen LogP contribution in [0.4, 0.5) is 0 Å². The van der Waals surface area contributed by atoms with Crippen molar-refractivity contribution in [2.45, 2.75) is 39.7 Å². The van der Waals surface area contributed by atoms with Gasteiger partial charge in [0.05, 0.1) is 6.10 Å². The molecule has 0 aliphatic rings. The minimum absolute atomic E-state index is 0.148. The van der Waals surface area contributed by atoms with Crippen LogP contribution in [-0.4, -0.2) is 17.0 Å². The summed E-state index contributed by atoms with van der Waals surface area (Å²) in [6, 6.07) is 0. The fraction of sp³-hybridized carbons (Fsp3) is 0.875. The second-order valence-corrected chi connectivity index (χ2v) is 2.58. The molecule has 10 heavy (non-hydrogen) atoms. The van der Waals surface area contributed by atoms with Crippen molar-refractivity contribution in [3.8, 4) is 0 Å². The van der Waals surface area contributed by atoms with Crippen LogP contribution < -0.4 is 0 Å². The summed E-state index contributed by atoms with van der Waals surface area (Å²) in [5, 5.41) is 9.21. The zero-order chi connectivity index (χ0) is 8.15. The standard InChI is InChI=1S/C8H16O2/c1-4-7(9)6(3)8(10)5-2/h6-7,9H,4-5H2,1-3H3. The number of hydrogen-bond donors (Lipinski definition) is 1. The number of aliphatic hydroxyl groups excluding tert-OH is 1. The maximum absolute atomic E-state index is 11.0. The minimum Gasteiger partial charge on any atom is -0.392 e. The monoisotopic (exact) mass is 144 g/mol. The molecule has 0 fully saturated rings. The Labute approximate surface area is 62.2 Å². The zero-order valence-corrected chi connectivity index (χ0v) is 6.92. The normalized spacial score (nSPS) is 16.4. The molecule has 0 heterocycles. The molecule has 0 rings (SSSR count). The summed E-state index contributed by atoms with van der Waals surface area (Å²) in [7, 11) is 0. The number of hydrogen-bond acceptors (Lipinski definition) is 2. The second-order valence-electron chi connectivity index (χ2n) is 2.58. The van der Waals surface area contributed by atoms with Gasteiger partial charge in [0.2, 0.25) is 0 Å². The van der Waals surface area contributed by atoms with Crippen molar-refractivity contribution in [3.63, 3.8) is 0 Å². The SMILES string of the molecule is CCC(=O)C(C)C(O)CC. The highest BCUT2D eigenvalue weighted by molar-refractivity contribution is 5.80. The highest BCUT2D eigenvalue weighted by Gasteiger charge is 2.17. The van der Waals surface area contributed by atoms with Gasteiger partial charge in [0, 0.05) is 12.3 Å². The Morgan fingerprint density at radius 3 is 2.30 bits per heavy atom. The molecule has 2 heteroatoms.